The summed E-state index contributed by atoms with van der Waals surface area (Å²) < 4.78 is 5.95. The number of ether oxygens (including phenoxy) is 1. The molecule has 0 saturated heterocycles. The van der Waals surface area contributed by atoms with E-state index >= 15 is 0 Å². The Morgan fingerprint density at radius 2 is 2.11 bits per heavy atom. The van der Waals surface area contributed by atoms with E-state index < -0.39 is 0 Å². The van der Waals surface area contributed by atoms with E-state index in [4.69, 9.17) is 4.74 Å². The van der Waals surface area contributed by atoms with Crippen molar-refractivity contribution in [3.8, 4) is 5.75 Å². The van der Waals surface area contributed by atoms with E-state index in [-0.39, 0.29) is 5.41 Å². The monoisotopic (exact) mass is 247 g/mol. The van der Waals surface area contributed by atoms with E-state index in [0.29, 0.717) is 6.04 Å². The van der Waals surface area contributed by atoms with Crippen LogP contribution in [0.25, 0.3) is 0 Å². The Balaban J connectivity index is 2.34. The molecule has 0 fully saturated rings. The third-order valence-corrected chi connectivity index (χ3v) is 3.52. The lowest BCUT2D eigenvalue weighted by Gasteiger charge is -2.32. The SMILES string of the molecule is CCCNC1CCOc2c1cccc2C(C)(C)C. The normalized spacial score (nSPS) is 19.2. The molecule has 100 valence electrons. The minimum Gasteiger partial charge on any atom is -0.493 e. The van der Waals surface area contributed by atoms with Crippen molar-refractivity contribution in [2.75, 3.05) is 13.2 Å². The van der Waals surface area contributed by atoms with E-state index in [9.17, 15) is 0 Å². The van der Waals surface area contributed by atoms with Gasteiger partial charge in [0.05, 0.1) is 6.61 Å². The van der Waals surface area contributed by atoms with Crippen molar-refractivity contribution in [1.82, 2.24) is 5.32 Å². The first-order valence-corrected chi connectivity index (χ1v) is 7.03. The third-order valence-electron chi connectivity index (χ3n) is 3.52. The Morgan fingerprint density at radius 3 is 2.78 bits per heavy atom. The van der Waals surface area contributed by atoms with Crippen LogP contribution in [0.2, 0.25) is 0 Å². The van der Waals surface area contributed by atoms with Crippen LogP contribution >= 0.6 is 0 Å². The highest BCUT2D eigenvalue weighted by atomic mass is 16.5. The fourth-order valence-corrected chi connectivity index (χ4v) is 2.55. The largest absolute Gasteiger partial charge is 0.493 e. The van der Waals surface area contributed by atoms with Gasteiger partial charge in [-0.1, -0.05) is 45.9 Å². The van der Waals surface area contributed by atoms with Gasteiger partial charge < -0.3 is 10.1 Å². The maximum absolute atomic E-state index is 5.95. The van der Waals surface area contributed by atoms with Gasteiger partial charge in [0.15, 0.2) is 0 Å². The van der Waals surface area contributed by atoms with Gasteiger partial charge in [0.2, 0.25) is 0 Å². The highest BCUT2D eigenvalue weighted by Crippen LogP contribution is 2.40. The summed E-state index contributed by atoms with van der Waals surface area (Å²) in [6.45, 7) is 10.8. The van der Waals surface area contributed by atoms with E-state index in [0.717, 1.165) is 25.3 Å². The van der Waals surface area contributed by atoms with Gasteiger partial charge in [0.25, 0.3) is 0 Å². The zero-order chi connectivity index (χ0) is 13.2. The van der Waals surface area contributed by atoms with E-state index in [2.05, 4.69) is 51.2 Å². The molecule has 2 heteroatoms. The summed E-state index contributed by atoms with van der Waals surface area (Å²) in [5, 5.41) is 3.63. The van der Waals surface area contributed by atoms with Crippen LogP contribution in [0.1, 0.15) is 57.7 Å². The van der Waals surface area contributed by atoms with Gasteiger partial charge in [-0.3, -0.25) is 0 Å². The molecule has 18 heavy (non-hydrogen) atoms. The number of para-hydroxylation sites is 1. The Kier molecular flexibility index (Phi) is 3.96. The van der Waals surface area contributed by atoms with E-state index in [1.165, 1.54) is 17.5 Å². The van der Waals surface area contributed by atoms with E-state index in [1.807, 2.05) is 0 Å². The number of fused-ring (bicyclic) bond motifs is 1. The molecule has 1 heterocycles. The van der Waals surface area contributed by atoms with Crippen LogP contribution in [0.15, 0.2) is 18.2 Å². The molecular formula is C16H25NO. The molecule has 1 N–H and O–H groups in total. The first kappa shape index (κ1) is 13.4. The van der Waals surface area contributed by atoms with E-state index in [1.54, 1.807) is 0 Å². The number of nitrogens with one attached hydrogen (secondary N) is 1. The molecule has 0 aliphatic carbocycles. The first-order chi connectivity index (χ1) is 8.54. The van der Waals surface area contributed by atoms with Gasteiger partial charge in [-0.15, -0.1) is 0 Å². The van der Waals surface area contributed by atoms with Crippen LogP contribution in [0.4, 0.5) is 0 Å². The highest BCUT2D eigenvalue weighted by molar-refractivity contribution is 5.47. The minimum absolute atomic E-state index is 0.137. The maximum atomic E-state index is 5.95. The lowest BCUT2D eigenvalue weighted by molar-refractivity contribution is 0.247. The second-order valence-electron chi connectivity index (χ2n) is 6.12. The average Bonchev–Trinajstić information content (AvgIpc) is 2.34. The summed E-state index contributed by atoms with van der Waals surface area (Å²) in [7, 11) is 0. The fraction of sp³-hybridized carbons (Fsp3) is 0.625. The molecule has 1 aliphatic rings. The molecule has 1 aromatic carbocycles. The van der Waals surface area contributed by atoms with Gasteiger partial charge in [-0.25, -0.2) is 0 Å². The van der Waals surface area contributed by atoms with Crippen molar-refractivity contribution in [2.45, 2.75) is 52.0 Å². The van der Waals surface area contributed by atoms with Gasteiger partial charge >= 0.3 is 0 Å². The van der Waals surface area contributed by atoms with Crippen LogP contribution in [0.3, 0.4) is 0 Å². The molecule has 2 nitrogen and oxygen atoms in total. The summed E-state index contributed by atoms with van der Waals surface area (Å²) in [6.07, 6.45) is 2.24. The van der Waals surface area contributed by atoms with Gasteiger partial charge in [-0.2, -0.15) is 0 Å². The van der Waals surface area contributed by atoms with Gasteiger partial charge in [0, 0.05) is 18.0 Å². The topological polar surface area (TPSA) is 21.3 Å². The van der Waals surface area contributed by atoms with Crippen LogP contribution in [-0.4, -0.2) is 13.2 Å². The molecule has 0 spiro atoms. The summed E-state index contributed by atoms with van der Waals surface area (Å²) in [5.41, 5.74) is 2.79. The van der Waals surface area contributed by atoms with Gasteiger partial charge in [0.1, 0.15) is 5.75 Å². The Labute approximate surface area is 111 Å². The van der Waals surface area contributed by atoms with Crippen molar-refractivity contribution < 1.29 is 4.74 Å². The molecule has 1 atom stereocenters. The lowest BCUT2D eigenvalue weighted by atomic mass is 9.83. The van der Waals surface area contributed by atoms with Gasteiger partial charge in [-0.05, 0) is 23.9 Å². The maximum Gasteiger partial charge on any atom is 0.127 e. The van der Waals surface area contributed by atoms with Crippen molar-refractivity contribution in [1.29, 1.82) is 0 Å². The quantitative estimate of drug-likeness (QED) is 0.877. The fourth-order valence-electron chi connectivity index (χ4n) is 2.55. The van der Waals surface area contributed by atoms with Crippen molar-refractivity contribution >= 4 is 0 Å². The zero-order valence-corrected chi connectivity index (χ0v) is 12.0. The Morgan fingerprint density at radius 1 is 1.33 bits per heavy atom. The van der Waals surface area contributed by atoms with Crippen molar-refractivity contribution in [3.05, 3.63) is 29.3 Å². The second kappa shape index (κ2) is 5.31. The molecule has 1 unspecified atom stereocenters. The van der Waals surface area contributed by atoms with Crippen LogP contribution in [0.5, 0.6) is 5.75 Å². The van der Waals surface area contributed by atoms with Crippen LogP contribution in [-0.2, 0) is 5.41 Å². The lowest BCUT2D eigenvalue weighted by Crippen LogP contribution is -2.29. The van der Waals surface area contributed by atoms with Crippen LogP contribution in [0, 0.1) is 0 Å². The molecule has 0 bridgehead atoms. The number of rotatable bonds is 3. The molecule has 2 rings (SSSR count). The second-order valence-corrected chi connectivity index (χ2v) is 6.12. The number of hydrogen-bond donors (Lipinski definition) is 1. The summed E-state index contributed by atoms with van der Waals surface area (Å²) in [5.74, 6) is 1.12. The van der Waals surface area contributed by atoms with Crippen molar-refractivity contribution in [2.24, 2.45) is 0 Å². The molecule has 0 saturated carbocycles. The molecular weight excluding hydrogens is 222 g/mol. The standard InChI is InChI=1S/C16H25NO/c1-5-10-17-14-9-11-18-15-12(14)7-6-8-13(15)16(2,3)4/h6-8,14,17H,5,9-11H2,1-4H3. The molecule has 0 amide bonds. The zero-order valence-electron chi connectivity index (χ0n) is 12.0. The summed E-state index contributed by atoms with van der Waals surface area (Å²) in [4.78, 5) is 0. The third kappa shape index (κ3) is 2.69. The minimum atomic E-state index is 0.137. The summed E-state index contributed by atoms with van der Waals surface area (Å²) >= 11 is 0. The van der Waals surface area contributed by atoms with Crippen LogP contribution < -0.4 is 10.1 Å². The smallest absolute Gasteiger partial charge is 0.127 e. The summed E-state index contributed by atoms with van der Waals surface area (Å²) in [6, 6.07) is 7.02. The molecule has 1 aromatic rings. The predicted octanol–water partition coefficient (Wildman–Crippen LogP) is 3.81. The molecule has 0 aromatic heterocycles. The predicted molar refractivity (Wildman–Crippen MR) is 76.3 cm³/mol. The van der Waals surface area contributed by atoms with Crippen molar-refractivity contribution in [3.63, 3.8) is 0 Å². The first-order valence-electron chi connectivity index (χ1n) is 7.03. The Bertz CT molecular complexity index is 406. The highest BCUT2D eigenvalue weighted by Gasteiger charge is 2.27. The molecule has 1 aliphatic heterocycles. The number of hydrogen-bond acceptors (Lipinski definition) is 2. The Hall–Kier alpha value is -1.02. The number of benzene rings is 1. The molecule has 0 radical (unpaired) electrons. The average molecular weight is 247 g/mol.